The summed E-state index contributed by atoms with van der Waals surface area (Å²) in [6.45, 7) is 11.5. The van der Waals surface area contributed by atoms with Crippen molar-refractivity contribution in [2.24, 2.45) is 0 Å². The van der Waals surface area contributed by atoms with Gasteiger partial charge in [0.05, 0.1) is 24.1 Å². The smallest absolute Gasteiger partial charge is 0.148 e. The first-order valence-corrected chi connectivity index (χ1v) is 6.13. The highest BCUT2D eigenvalue weighted by molar-refractivity contribution is 5.64. The van der Waals surface area contributed by atoms with Crippen LogP contribution in [0.3, 0.4) is 0 Å². The van der Waals surface area contributed by atoms with E-state index < -0.39 is 0 Å². The van der Waals surface area contributed by atoms with Crippen LogP contribution in [0.2, 0.25) is 0 Å². The van der Waals surface area contributed by atoms with E-state index in [4.69, 9.17) is 10.5 Å². The largest absolute Gasteiger partial charge is 0.394 e. The third-order valence-electron chi connectivity index (χ3n) is 2.47. The molecule has 0 spiro atoms. The minimum Gasteiger partial charge on any atom is -0.394 e. The molecule has 0 saturated carbocycles. The molecule has 0 radical (unpaired) electrons. The fraction of sp³-hybridized carbons (Fsp3) is 0.750. The van der Waals surface area contributed by atoms with Crippen molar-refractivity contribution in [2.75, 3.05) is 24.2 Å². The fourth-order valence-electron chi connectivity index (χ4n) is 1.57. The lowest BCUT2D eigenvalue weighted by Gasteiger charge is -2.14. The molecule has 1 aromatic heterocycles. The van der Waals surface area contributed by atoms with E-state index in [-0.39, 0.29) is 6.10 Å². The monoisotopic (exact) mass is 240 g/mol. The third kappa shape index (κ3) is 3.63. The summed E-state index contributed by atoms with van der Waals surface area (Å²) in [5.74, 6) is 0.893. The van der Waals surface area contributed by atoms with Gasteiger partial charge in [0.1, 0.15) is 5.82 Å². The first-order valence-electron chi connectivity index (χ1n) is 6.13. The molecule has 0 atom stereocenters. The quantitative estimate of drug-likeness (QED) is 0.748. The molecular weight excluding hydrogens is 216 g/mol. The van der Waals surface area contributed by atoms with Gasteiger partial charge in [-0.05, 0) is 34.6 Å². The van der Waals surface area contributed by atoms with E-state index >= 15 is 0 Å². The van der Waals surface area contributed by atoms with Gasteiger partial charge in [0, 0.05) is 12.6 Å². The molecule has 0 aliphatic rings. The summed E-state index contributed by atoms with van der Waals surface area (Å²) in [5, 5.41) is 7.70. The molecule has 0 aliphatic heterocycles. The van der Waals surface area contributed by atoms with Crippen molar-refractivity contribution >= 4 is 11.5 Å². The third-order valence-corrected chi connectivity index (χ3v) is 2.47. The second-order valence-corrected chi connectivity index (χ2v) is 4.73. The van der Waals surface area contributed by atoms with Crippen LogP contribution in [0, 0.1) is 6.92 Å². The number of hydrogen-bond donors (Lipinski definition) is 2. The number of nitrogens with two attached hydrogens (primary N) is 1. The lowest BCUT2D eigenvalue weighted by atomic mass is 10.3. The lowest BCUT2D eigenvalue weighted by molar-refractivity contribution is 0.0870. The predicted molar refractivity (Wildman–Crippen MR) is 71.3 cm³/mol. The first kappa shape index (κ1) is 13.8. The van der Waals surface area contributed by atoms with Crippen LogP contribution >= 0.6 is 0 Å². The van der Waals surface area contributed by atoms with Crippen molar-refractivity contribution in [1.82, 2.24) is 9.78 Å². The Bertz CT molecular complexity index is 358. The zero-order valence-electron chi connectivity index (χ0n) is 11.4. The maximum atomic E-state index is 6.00. The van der Waals surface area contributed by atoms with Gasteiger partial charge in [0.25, 0.3) is 0 Å². The van der Waals surface area contributed by atoms with Crippen LogP contribution < -0.4 is 11.1 Å². The number of anilines is 2. The molecule has 0 aliphatic carbocycles. The van der Waals surface area contributed by atoms with Gasteiger partial charge in [-0.25, -0.2) is 4.68 Å². The Morgan fingerprint density at radius 1 is 1.35 bits per heavy atom. The molecule has 1 rings (SSSR count). The van der Waals surface area contributed by atoms with Gasteiger partial charge in [-0.2, -0.15) is 5.10 Å². The highest BCUT2D eigenvalue weighted by Crippen LogP contribution is 2.25. The fourth-order valence-corrected chi connectivity index (χ4v) is 1.57. The van der Waals surface area contributed by atoms with Gasteiger partial charge in [-0.15, -0.1) is 0 Å². The van der Waals surface area contributed by atoms with E-state index in [2.05, 4.69) is 24.3 Å². The molecular formula is C12H24N4O. The summed E-state index contributed by atoms with van der Waals surface area (Å²) in [4.78, 5) is 0. The van der Waals surface area contributed by atoms with Crippen LogP contribution in [0.25, 0.3) is 0 Å². The van der Waals surface area contributed by atoms with Gasteiger partial charge in [0.15, 0.2) is 0 Å². The molecule has 1 aromatic rings. The number of nitrogens with one attached hydrogen (secondary N) is 1. The Hall–Kier alpha value is -1.23. The first-order chi connectivity index (χ1) is 7.93. The van der Waals surface area contributed by atoms with E-state index in [0.29, 0.717) is 12.6 Å². The Kier molecular flexibility index (Phi) is 4.81. The summed E-state index contributed by atoms with van der Waals surface area (Å²) < 4.78 is 7.39. The lowest BCUT2D eigenvalue weighted by Crippen LogP contribution is -2.17. The number of aryl methyl sites for hydroxylation is 1. The normalized spacial score (nSPS) is 11.5. The highest BCUT2D eigenvalue weighted by Gasteiger charge is 2.13. The number of ether oxygens (including phenoxy) is 1. The molecule has 5 nitrogen and oxygen atoms in total. The molecule has 1 heterocycles. The Morgan fingerprint density at radius 3 is 2.53 bits per heavy atom. The minimum absolute atomic E-state index is 0.255. The number of aromatic nitrogens is 2. The molecule has 0 aromatic carbocycles. The zero-order chi connectivity index (χ0) is 13.0. The molecule has 0 saturated heterocycles. The van der Waals surface area contributed by atoms with Gasteiger partial charge >= 0.3 is 0 Å². The van der Waals surface area contributed by atoms with E-state index in [1.165, 1.54) is 0 Å². The predicted octanol–water partition coefficient (Wildman–Crippen LogP) is 2.19. The van der Waals surface area contributed by atoms with Crippen molar-refractivity contribution in [3.63, 3.8) is 0 Å². The van der Waals surface area contributed by atoms with E-state index in [1.807, 2.05) is 25.5 Å². The van der Waals surface area contributed by atoms with Crippen LogP contribution in [0.1, 0.15) is 39.4 Å². The molecule has 0 bridgehead atoms. The maximum absolute atomic E-state index is 6.00. The molecule has 98 valence electrons. The molecule has 17 heavy (non-hydrogen) atoms. The summed E-state index contributed by atoms with van der Waals surface area (Å²) in [6, 6.07) is 0.291. The van der Waals surface area contributed by atoms with E-state index in [9.17, 15) is 0 Å². The topological polar surface area (TPSA) is 65.1 Å². The van der Waals surface area contributed by atoms with E-state index in [1.54, 1.807) is 0 Å². The molecule has 0 fully saturated rings. The van der Waals surface area contributed by atoms with Crippen LogP contribution in [-0.4, -0.2) is 29.0 Å². The zero-order valence-corrected chi connectivity index (χ0v) is 11.4. The molecule has 3 N–H and O–H groups in total. The van der Waals surface area contributed by atoms with Crippen molar-refractivity contribution in [3.05, 3.63) is 5.69 Å². The van der Waals surface area contributed by atoms with Crippen LogP contribution in [-0.2, 0) is 4.74 Å². The number of hydrogen-bond acceptors (Lipinski definition) is 4. The van der Waals surface area contributed by atoms with Crippen molar-refractivity contribution in [2.45, 2.75) is 46.8 Å². The summed E-state index contributed by atoms with van der Waals surface area (Å²) in [6.07, 6.45) is 0.255. The highest BCUT2D eigenvalue weighted by atomic mass is 16.5. The SMILES string of the molecule is Cc1nn(C(C)C)c(NCCOC(C)C)c1N. The Balaban J connectivity index is 2.63. The number of nitrogen functional groups attached to an aromatic ring is 1. The second kappa shape index (κ2) is 5.91. The molecule has 0 amide bonds. The average molecular weight is 240 g/mol. The summed E-state index contributed by atoms with van der Waals surface area (Å²) in [7, 11) is 0. The average Bonchev–Trinajstić information content (AvgIpc) is 2.51. The minimum atomic E-state index is 0.255. The van der Waals surface area contributed by atoms with E-state index in [0.717, 1.165) is 23.7 Å². The summed E-state index contributed by atoms with van der Waals surface area (Å²) >= 11 is 0. The second-order valence-electron chi connectivity index (χ2n) is 4.73. The Labute approximate surface area is 103 Å². The van der Waals surface area contributed by atoms with Gasteiger partial charge < -0.3 is 15.8 Å². The van der Waals surface area contributed by atoms with Crippen LogP contribution in [0.5, 0.6) is 0 Å². The standard InChI is InChI=1S/C12H24N4O/c1-8(2)16-12(11(13)10(5)15-16)14-6-7-17-9(3)4/h8-9,14H,6-7,13H2,1-5H3. The van der Waals surface area contributed by atoms with Gasteiger partial charge in [-0.3, -0.25) is 0 Å². The maximum Gasteiger partial charge on any atom is 0.148 e. The van der Waals surface area contributed by atoms with Gasteiger partial charge in [-0.1, -0.05) is 0 Å². The number of nitrogens with zero attached hydrogens (tertiary/aromatic N) is 2. The summed E-state index contributed by atoms with van der Waals surface area (Å²) in [5.41, 5.74) is 7.59. The van der Waals surface area contributed by atoms with Crippen molar-refractivity contribution < 1.29 is 4.74 Å². The molecule has 5 heteroatoms. The Morgan fingerprint density at radius 2 is 2.00 bits per heavy atom. The van der Waals surface area contributed by atoms with Crippen molar-refractivity contribution in [1.29, 1.82) is 0 Å². The van der Waals surface area contributed by atoms with Gasteiger partial charge in [0.2, 0.25) is 0 Å². The molecule has 0 unspecified atom stereocenters. The van der Waals surface area contributed by atoms with Crippen LogP contribution in [0.15, 0.2) is 0 Å². The number of rotatable bonds is 6. The van der Waals surface area contributed by atoms with Crippen LogP contribution in [0.4, 0.5) is 11.5 Å². The van der Waals surface area contributed by atoms with Crippen molar-refractivity contribution in [3.8, 4) is 0 Å².